The van der Waals surface area contributed by atoms with Crippen molar-refractivity contribution >= 4 is 23.1 Å². The van der Waals surface area contributed by atoms with Gasteiger partial charge in [0.2, 0.25) is 5.88 Å². The number of carbonyl (C=O) groups excluding carboxylic acids is 1. The number of anilines is 1. The molecule has 2 aromatic rings. The number of aryl methyl sites for hydroxylation is 1. The third-order valence-electron chi connectivity index (χ3n) is 2.58. The van der Waals surface area contributed by atoms with Crippen molar-refractivity contribution in [3.8, 4) is 11.8 Å². The van der Waals surface area contributed by atoms with Crippen molar-refractivity contribution in [2.24, 2.45) is 5.73 Å². The second kappa shape index (κ2) is 5.69. The van der Waals surface area contributed by atoms with E-state index in [1.165, 1.54) is 11.3 Å². The molecule has 0 bridgehead atoms. The molecule has 0 spiro atoms. The lowest BCUT2D eigenvalue weighted by Gasteiger charge is -2.00. The molecule has 0 fully saturated rings. The summed E-state index contributed by atoms with van der Waals surface area (Å²) in [6, 6.07) is 1.79. The number of amides is 1. The summed E-state index contributed by atoms with van der Waals surface area (Å²) in [5, 5.41) is 8.30. The van der Waals surface area contributed by atoms with E-state index < -0.39 is 0 Å². The number of thiophene rings is 1. The number of rotatable bonds is 2. The van der Waals surface area contributed by atoms with Crippen molar-refractivity contribution < 1.29 is 9.32 Å². The molecule has 0 aliphatic rings. The first-order valence-corrected chi connectivity index (χ1v) is 6.52. The standard InChI is InChI=1S/C13H13N3O2S/c1-8-9(2)16-18-13(8)15-12(17)11-10(4-3-6-14)5-7-19-11/h5,7H,6,14H2,1-2H3,(H,15,17). The van der Waals surface area contributed by atoms with Gasteiger partial charge in [0.1, 0.15) is 4.88 Å². The van der Waals surface area contributed by atoms with E-state index in [-0.39, 0.29) is 12.5 Å². The van der Waals surface area contributed by atoms with Gasteiger partial charge in [-0.15, -0.1) is 11.3 Å². The van der Waals surface area contributed by atoms with Crippen LogP contribution < -0.4 is 11.1 Å². The molecule has 0 radical (unpaired) electrons. The van der Waals surface area contributed by atoms with E-state index in [4.69, 9.17) is 10.3 Å². The van der Waals surface area contributed by atoms with Crippen LogP contribution in [0.2, 0.25) is 0 Å². The zero-order valence-corrected chi connectivity index (χ0v) is 11.4. The van der Waals surface area contributed by atoms with Crippen molar-refractivity contribution in [3.05, 3.63) is 33.1 Å². The molecule has 5 nitrogen and oxygen atoms in total. The van der Waals surface area contributed by atoms with Gasteiger partial charge < -0.3 is 10.3 Å². The lowest BCUT2D eigenvalue weighted by molar-refractivity contribution is 0.102. The van der Waals surface area contributed by atoms with E-state index in [0.29, 0.717) is 16.3 Å². The third kappa shape index (κ3) is 2.84. The second-order valence-electron chi connectivity index (χ2n) is 3.85. The van der Waals surface area contributed by atoms with Crippen molar-refractivity contribution in [3.63, 3.8) is 0 Å². The van der Waals surface area contributed by atoms with E-state index in [2.05, 4.69) is 22.3 Å². The van der Waals surface area contributed by atoms with E-state index in [1.807, 2.05) is 19.2 Å². The highest BCUT2D eigenvalue weighted by Gasteiger charge is 2.16. The molecule has 0 saturated heterocycles. The van der Waals surface area contributed by atoms with Crippen LogP contribution in [0.25, 0.3) is 0 Å². The van der Waals surface area contributed by atoms with E-state index >= 15 is 0 Å². The summed E-state index contributed by atoms with van der Waals surface area (Å²) in [4.78, 5) is 12.7. The molecule has 98 valence electrons. The molecule has 2 heterocycles. The Bertz CT molecular complexity index is 661. The van der Waals surface area contributed by atoms with Gasteiger partial charge in [0, 0.05) is 11.1 Å². The van der Waals surface area contributed by atoms with Crippen LogP contribution >= 0.6 is 11.3 Å². The number of nitrogens with two attached hydrogens (primary N) is 1. The van der Waals surface area contributed by atoms with Gasteiger partial charge in [-0.1, -0.05) is 17.0 Å². The summed E-state index contributed by atoms with van der Waals surface area (Å²) in [6.07, 6.45) is 0. The Morgan fingerprint density at radius 3 is 3.00 bits per heavy atom. The summed E-state index contributed by atoms with van der Waals surface area (Å²) in [5.74, 6) is 5.72. The van der Waals surface area contributed by atoms with Crippen LogP contribution in [0.1, 0.15) is 26.5 Å². The molecule has 1 amide bonds. The zero-order chi connectivity index (χ0) is 13.8. The molecule has 2 rings (SSSR count). The third-order valence-corrected chi connectivity index (χ3v) is 3.49. The Balaban J connectivity index is 2.21. The smallest absolute Gasteiger partial charge is 0.269 e. The lowest BCUT2D eigenvalue weighted by Crippen LogP contribution is -2.11. The molecule has 0 saturated carbocycles. The van der Waals surface area contributed by atoms with Crippen LogP contribution in [0.4, 0.5) is 5.88 Å². The normalized spacial score (nSPS) is 9.84. The van der Waals surface area contributed by atoms with Crippen LogP contribution in [0.15, 0.2) is 16.0 Å². The Hall–Kier alpha value is -2.10. The van der Waals surface area contributed by atoms with E-state index in [1.54, 1.807) is 6.07 Å². The number of hydrogen-bond donors (Lipinski definition) is 2. The molecule has 6 heteroatoms. The maximum absolute atomic E-state index is 12.1. The summed E-state index contributed by atoms with van der Waals surface area (Å²) in [6.45, 7) is 3.92. The van der Waals surface area contributed by atoms with Crippen molar-refractivity contribution in [2.75, 3.05) is 11.9 Å². The molecule has 3 N–H and O–H groups in total. The van der Waals surface area contributed by atoms with Crippen LogP contribution in [0, 0.1) is 25.7 Å². The predicted octanol–water partition coefficient (Wildman–Crippen LogP) is 1.92. The summed E-state index contributed by atoms with van der Waals surface area (Å²) in [7, 11) is 0. The van der Waals surface area contributed by atoms with Gasteiger partial charge in [0.25, 0.3) is 5.91 Å². The van der Waals surface area contributed by atoms with Gasteiger partial charge in [-0.05, 0) is 25.3 Å². The number of nitrogens with one attached hydrogen (secondary N) is 1. The zero-order valence-electron chi connectivity index (χ0n) is 10.6. The average molecular weight is 275 g/mol. The number of hydrogen-bond acceptors (Lipinski definition) is 5. The van der Waals surface area contributed by atoms with Crippen LogP contribution in [-0.4, -0.2) is 17.6 Å². The molecule has 0 aliphatic carbocycles. The maximum Gasteiger partial charge on any atom is 0.269 e. The van der Waals surface area contributed by atoms with Gasteiger partial charge in [-0.25, -0.2) is 0 Å². The Labute approximate surface area is 114 Å². The van der Waals surface area contributed by atoms with Crippen molar-refractivity contribution in [1.29, 1.82) is 0 Å². The number of nitrogens with zero attached hydrogens (tertiary/aromatic N) is 1. The van der Waals surface area contributed by atoms with Gasteiger partial charge in [0.05, 0.1) is 12.2 Å². The first-order chi connectivity index (χ1) is 9.13. The monoisotopic (exact) mass is 275 g/mol. The number of carbonyl (C=O) groups is 1. The summed E-state index contributed by atoms with van der Waals surface area (Å²) in [5.41, 5.74) is 7.57. The van der Waals surface area contributed by atoms with Crippen molar-refractivity contribution in [1.82, 2.24) is 5.16 Å². The minimum Gasteiger partial charge on any atom is -0.338 e. The van der Waals surface area contributed by atoms with Gasteiger partial charge in [0.15, 0.2) is 0 Å². The first-order valence-electron chi connectivity index (χ1n) is 5.64. The van der Waals surface area contributed by atoms with Gasteiger partial charge in [-0.3, -0.25) is 10.1 Å². The fourth-order valence-electron chi connectivity index (χ4n) is 1.42. The molecular formula is C13H13N3O2S. The Morgan fingerprint density at radius 1 is 1.58 bits per heavy atom. The first kappa shape index (κ1) is 13.3. The van der Waals surface area contributed by atoms with E-state index in [0.717, 1.165) is 11.3 Å². The molecule has 19 heavy (non-hydrogen) atoms. The quantitative estimate of drug-likeness (QED) is 0.820. The van der Waals surface area contributed by atoms with Crippen LogP contribution in [0.5, 0.6) is 0 Å². The maximum atomic E-state index is 12.1. The second-order valence-corrected chi connectivity index (χ2v) is 4.76. The lowest BCUT2D eigenvalue weighted by atomic mass is 10.2. The van der Waals surface area contributed by atoms with Crippen molar-refractivity contribution in [2.45, 2.75) is 13.8 Å². The molecule has 0 aromatic carbocycles. The highest BCUT2D eigenvalue weighted by atomic mass is 32.1. The fourth-order valence-corrected chi connectivity index (χ4v) is 2.17. The average Bonchev–Trinajstić information content (AvgIpc) is 2.98. The largest absolute Gasteiger partial charge is 0.338 e. The van der Waals surface area contributed by atoms with Crippen LogP contribution in [-0.2, 0) is 0 Å². The minimum atomic E-state index is -0.254. The summed E-state index contributed by atoms with van der Waals surface area (Å²) < 4.78 is 5.05. The highest BCUT2D eigenvalue weighted by molar-refractivity contribution is 7.12. The molecule has 0 aliphatic heterocycles. The SMILES string of the molecule is Cc1noc(NC(=O)c2sccc2C#CCN)c1C. The molecule has 0 unspecified atom stereocenters. The Morgan fingerprint density at radius 2 is 2.37 bits per heavy atom. The van der Waals surface area contributed by atoms with Gasteiger partial charge >= 0.3 is 0 Å². The van der Waals surface area contributed by atoms with Gasteiger partial charge in [-0.2, -0.15) is 0 Å². The Kier molecular flexibility index (Phi) is 4.00. The number of aromatic nitrogens is 1. The molecule has 2 aromatic heterocycles. The topological polar surface area (TPSA) is 81.2 Å². The fraction of sp³-hybridized carbons (Fsp3) is 0.231. The van der Waals surface area contributed by atoms with E-state index in [9.17, 15) is 4.79 Å². The summed E-state index contributed by atoms with van der Waals surface area (Å²) >= 11 is 1.32. The molecular weight excluding hydrogens is 262 g/mol. The minimum absolute atomic E-state index is 0.254. The highest BCUT2D eigenvalue weighted by Crippen LogP contribution is 2.21. The molecule has 0 atom stereocenters. The predicted molar refractivity (Wildman–Crippen MR) is 74.2 cm³/mol. The van der Waals surface area contributed by atoms with Crippen LogP contribution in [0.3, 0.4) is 0 Å².